The first-order valence-electron chi connectivity index (χ1n) is 10.9. The second-order valence-corrected chi connectivity index (χ2v) is 8.19. The Labute approximate surface area is 173 Å². The summed E-state index contributed by atoms with van der Waals surface area (Å²) < 4.78 is 10.9. The van der Waals surface area contributed by atoms with Gasteiger partial charge < -0.3 is 19.7 Å². The summed E-state index contributed by atoms with van der Waals surface area (Å²) in [6, 6.07) is 5.71. The molecule has 0 spiro atoms. The number of carbonyl (C=O) groups is 2. The van der Waals surface area contributed by atoms with Gasteiger partial charge in [-0.3, -0.25) is 9.59 Å². The topological polar surface area (TPSA) is 67.9 Å². The molecule has 1 saturated carbocycles. The number of unbranched alkanes of at least 4 members (excludes halogenated alkanes) is 1. The van der Waals surface area contributed by atoms with Gasteiger partial charge in [-0.25, -0.2) is 0 Å². The van der Waals surface area contributed by atoms with Crippen molar-refractivity contribution < 1.29 is 19.1 Å². The van der Waals surface area contributed by atoms with Crippen molar-refractivity contribution in [3.8, 4) is 11.5 Å². The van der Waals surface area contributed by atoms with Gasteiger partial charge in [0.25, 0.3) is 0 Å². The van der Waals surface area contributed by atoms with Gasteiger partial charge in [0.2, 0.25) is 11.8 Å². The number of amides is 2. The van der Waals surface area contributed by atoms with Gasteiger partial charge in [0.15, 0.2) is 0 Å². The molecule has 1 saturated heterocycles. The van der Waals surface area contributed by atoms with E-state index in [0.29, 0.717) is 31.1 Å². The van der Waals surface area contributed by atoms with Crippen molar-refractivity contribution in [3.63, 3.8) is 0 Å². The van der Waals surface area contributed by atoms with Crippen LogP contribution in [0.3, 0.4) is 0 Å². The summed E-state index contributed by atoms with van der Waals surface area (Å²) in [5.74, 6) is 1.44. The van der Waals surface area contributed by atoms with Crippen molar-refractivity contribution in [2.75, 3.05) is 33.9 Å². The highest BCUT2D eigenvalue weighted by atomic mass is 16.5. The predicted molar refractivity (Wildman–Crippen MR) is 112 cm³/mol. The first kappa shape index (κ1) is 21.5. The summed E-state index contributed by atoms with van der Waals surface area (Å²) in [5.41, 5.74) is 0.964. The SMILES string of the molecule is CCCCNC(=O)[C@@H]1CN(C(=O)C2CCCC2)C[C@H]1c1ccc(OC)cc1OC. The fourth-order valence-electron chi connectivity index (χ4n) is 4.64. The van der Waals surface area contributed by atoms with Crippen LogP contribution in [0, 0.1) is 11.8 Å². The molecule has 0 radical (unpaired) electrons. The Morgan fingerprint density at radius 2 is 1.90 bits per heavy atom. The van der Waals surface area contributed by atoms with Crippen LogP contribution in [0.25, 0.3) is 0 Å². The summed E-state index contributed by atoms with van der Waals surface area (Å²) in [5, 5.41) is 3.07. The lowest BCUT2D eigenvalue weighted by atomic mass is 9.87. The van der Waals surface area contributed by atoms with Crippen molar-refractivity contribution in [3.05, 3.63) is 23.8 Å². The lowest BCUT2D eigenvalue weighted by Gasteiger charge is -2.21. The van der Waals surface area contributed by atoms with E-state index in [-0.39, 0.29) is 29.6 Å². The van der Waals surface area contributed by atoms with E-state index >= 15 is 0 Å². The molecule has 1 aliphatic heterocycles. The molecule has 3 rings (SSSR count). The fourth-order valence-corrected chi connectivity index (χ4v) is 4.64. The first-order chi connectivity index (χ1) is 14.1. The molecule has 1 aliphatic carbocycles. The second-order valence-electron chi connectivity index (χ2n) is 8.19. The van der Waals surface area contributed by atoms with Crippen LogP contribution in [0.15, 0.2) is 18.2 Å². The number of rotatable bonds is 8. The van der Waals surface area contributed by atoms with E-state index in [4.69, 9.17) is 9.47 Å². The van der Waals surface area contributed by atoms with Gasteiger partial charge in [-0.2, -0.15) is 0 Å². The van der Waals surface area contributed by atoms with E-state index in [1.54, 1.807) is 14.2 Å². The molecule has 6 nitrogen and oxygen atoms in total. The highest BCUT2D eigenvalue weighted by Crippen LogP contribution is 2.40. The quantitative estimate of drug-likeness (QED) is 0.677. The molecule has 2 amide bonds. The Morgan fingerprint density at radius 1 is 1.14 bits per heavy atom. The molecular formula is C23H34N2O4. The van der Waals surface area contributed by atoms with Crippen LogP contribution in [0.1, 0.15) is 56.9 Å². The molecule has 2 aliphatic rings. The number of carbonyl (C=O) groups excluding carboxylic acids is 2. The molecule has 1 N–H and O–H groups in total. The number of benzene rings is 1. The normalized spacial score (nSPS) is 22.0. The molecule has 0 bridgehead atoms. The lowest BCUT2D eigenvalue weighted by molar-refractivity contribution is -0.134. The summed E-state index contributed by atoms with van der Waals surface area (Å²) in [7, 11) is 3.25. The third-order valence-corrected chi connectivity index (χ3v) is 6.34. The van der Waals surface area contributed by atoms with Crippen LogP contribution in [0.2, 0.25) is 0 Å². The van der Waals surface area contributed by atoms with Crippen LogP contribution in [-0.4, -0.2) is 50.6 Å². The standard InChI is InChI=1S/C23H34N2O4/c1-4-5-12-24-22(26)20-15-25(23(27)16-8-6-7-9-16)14-19(20)18-11-10-17(28-2)13-21(18)29-3/h10-11,13,16,19-20H,4-9,12,14-15H2,1-3H3,(H,24,26)/t19-,20+/m0/s1. The van der Waals surface area contributed by atoms with Crippen molar-refractivity contribution in [1.29, 1.82) is 0 Å². The molecule has 0 aromatic heterocycles. The molecule has 2 fully saturated rings. The maximum Gasteiger partial charge on any atom is 0.225 e. The maximum atomic E-state index is 13.1. The van der Waals surface area contributed by atoms with Crippen molar-refractivity contribution in [2.24, 2.45) is 11.8 Å². The van der Waals surface area contributed by atoms with Gasteiger partial charge in [-0.05, 0) is 25.3 Å². The third kappa shape index (κ3) is 4.85. The first-order valence-corrected chi connectivity index (χ1v) is 10.9. The summed E-state index contributed by atoms with van der Waals surface area (Å²) in [6.45, 7) is 3.82. The molecule has 6 heteroatoms. The van der Waals surface area contributed by atoms with Crippen molar-refractivity contribution >= 4 is 11.8 Å². The average Bonchev–Trinajstić information content (AvgIpc) is 3.43. The maximum absolute atomic E-state index is 13.1. The van der Waals surface area contributed by atoms with Crippen LogP contribution in [0.4, 0.5) is 0 Å². The van der Waals surface area contributed by atoms with Crippen LogP contribution >= 0.6 is 0 Å². The molecule has 160 valence electrons. The van der Waals surface area contributed by atoms with Gasteiger partial charge in [0, 0.05) is 43.1 Å². The molecule has 1 aromatic carbocycles. The van der Waals surface area contributed by atoms with Crippen molar-refractivity contribution in [2.45, 2.75) is 51.4 Å². The largest absolute Gasteiger partial charge is 0.497 e. The van der Waals surface area contributed by atoms with Gasteiger partial charge in [0.1, 0.15) is 11.5 Å². The minimum atomic E-state index is -0.264. The van der Waals surface area contributed by atoms with Gasteiger partial charge in [-0.1, -0.05) is 32.3 Å². The molecular weight excluding hydrogens is 368 g/mol. The number of methoxy groups -OCH3 is 2. The van der Waals surface area contributed by atoms with E-state index < -0.39 is 0 Å². The molecule has 2 atom stereocenters. The smallest absolute Gasteiger partial charge is 0.225 e. The van der Waals surface area contributed by atoms with Crippen LogP contribution in [0.5, 0.6) is 11.5 Å². The van der Waals surface area contributed by atoms with Crippen LogP contribution < -0.4 is 14.8 Å². The minimum Gasteiger partial charge on any atom is -0.497 e. The second kappa shape index (κ2) is 9.99. The highest BCUT2D eigenvalue weighted by molar-refractivity contribution is 5.84. The number of nitrogens with zero attached hydrogens (tertiary/aromatic N) is 1. The van der Waals surface area contributed by atoms with E-state index in [1.807, 2.05) is 23.1 Å². The Balaban J connectivity index is 1.84. The Morgan fingerprint density at radius 3 is 2.55 bits per heavy atom. The summed E-state index contributed by atoms with van der Waals surface area (Å²) in [6.07, 6.45) is 6.19. The van der Waals surface area contributed by atoms with Crippen LogP contribution in [-0.2, 0) is 9.59 Å². The predicted octanol–water partition coefficient (Wildman–Crippen LogP) is 3.35. The Kier molecular flexibility index (Phi) is 7.40. The monoisotopic (exact) mass is 402 g/mol. The van der Waals surface area contributed by atoms with E-state index in [0.717, 1.165) is 44.1 Å². The molecule has 1 aromatic rings. The van der Waals surface area contributed by atoms with Gasteiger partial charge in [-0.15, -0.1) is 0 Å². The molecule has 1 heterocycles. The Bertz CT molecular complexity index is 715. The number of likely N-dealkylation sites (tertiary alicyclic amines) is 1. The number of hydrogen-bond acceptors (Lipinski definition) is 4. The van der Waals surface area contributed by atoms with Crippen molar-refractivity contribution in [1.82, 2.24) is 10.2 Å². The summed E-state index contributed by atoms with van der Waals surface area (Å²) in [4.78, 5) is 28.0. The number of ether oxygens (including phenoxy) is 2. The number of nitrogens with one attached hydrogen (secondary N) is 1. The summed E-state index contributed by atoms with van der Waals surface area (Å²) >= 11 is 0. The molecule has 29 heavy (non-hydrogen) atoms. The van der Waals surface area contributed by atoms with E-state index in [2.05, 4.69) is 12.2 Å². The van der Waals surface area contributed by atoms with Gasteiger partial charge in [0.05, 0.1) is 20.1 Å². The zero-order chi connectivity index (χ0) is 20.8. The highest BCUT2D eigenvalue weighted by Gasteiger charge is 2.43. The number of hydrogen-bond donors (Lipinski definition) is 1. The zero-order valence-corrected chi connectivity index (χ0v) is 17.9. The van der Waals surface area contributed by atoms with E-state index in [1.165, 1.54) is 0 Å². The zero-order valence-electron chi connectivity index (χ0n) is 17.9. The van der Waals surface area contributed by atoms with E-state index in [9.17, 15) is 9.59 Å². The third-order valence-electron chi connectivity index (χ3n) is 6.34. The Hall–Kier alpha value is -2.24. The average molecular weight is 403 g/mol. The fraction of sp³-hybridized carbons (Fsp3) is 0.652. The minimum absolute atomic E-state index is 0.0306. The van der Waals surface area contributed by atoms with Gasteiger partial charge >= 0.3 is 0 Å². The lowest BCUT2D eigenvalue weighted by Crippen LogP contribution is -2.37. The molecule has 0 unspecified atom stereocenters.